The van der Waals surface area contributed by atoms with Crippen LogP contribution in [-0.2, 0) is 4.79 Å². The number of amides is 1. The fourth-order valence-corrected chi connectivity index (χ4v) is 6.36. The normalized spacial score (nSPS) is 49.4. The van der Waals surface area contributed by atoms with Gasteiger partial charge in [-0.2, -0.15) is 0 Å². The zero-order valence-corrected chi connectivity index (χ0v) is 12.4. The maximum absolute atomic E-state index is 12.2. The molecular weight excluding hydrogens is 222 g/mol. The molecule has 4 aliphatic rings. The van der Waals surface area contributed by atoms with Crippen LogP contribution in [0.2, 0.25) is 0 Å². The van der Waals surface area contributed by atoms with Crippen LogP contribution in [0.3, 0.4) is 0 Å². The topological polar surface area (TPSA) is 20.3 Å². The molecule has 2 nitrogen and oxygen atoms in total. The minimum atomic E-state index is 0.337. The van der Waals surface area contributed by atoms with Gasteiger partial charge in [-0.15, -0.1) is 0 Å². The van der Waals surface area contributed by atoms with Gasteiger partial charge in [0.2, 0.25) is 5.91 Å². The molecule has 4 bridgehead atoms. The summed E-state index contributed by atoms with van der Waals surface area (Å²) in [5.41, 5.74) is 1.39. The molecule has 4 rings (SSSR count). The first-order chi connectivity index (χ1) is 8.23. The second-order valence-electron chi connectivity index (χ2n) is 8.59. The summed E-state index contributed by atoms with van der Waals surface area (Å²) in [7, 11) is 3.79. The summed E-state index contributed by atoms with van der Waals surface area (Å²) < 4.78 is 0. The van der Waals surface area contributed by atoms with E-state index < -0.39 is 0 Å². The van der Waals surface area contributed by atoms with E-state index >= 15 is 0 Å². The molecule has 4 fully saturated rings. The lowest BCUT2D eigenvalue weighted by Gasteiger charge is -2.65. The van der Waals surface area contributed by atoms with Crippen LogP contribution >= 0.6 is 0 Å². The van der Waals surface area contributed by atoms with Crippen LogP contribution in [0.15, 0.2) is 0 Å². The first-order valence-corrected chi connectivity index (χ1v) is 7.44. The smallest absolute Gasteiger partial charge is 0.222 e. The lowest BCUT2D eigenvalue weighted by Crippen LogP contribution is -2.55. The van der Waals surface area contributed by atoms with Crippen molar-refractivity contribution in [2.75, 3.05) is 14.1 Å². The van der Waals surface area contributed by atoms with Crippen LogP contribution < -0.4 is 0 Å². The fourth-order valence-electron chi connectivity index (χ4n) is 6.36. The van der Waals surface area contributed by atoms with Gasteiger partial charge in [-0.05, 0) is 60.7 Å². The molecule has 4 aliphatic carbocycles. The van der Waals surface area contributed by atoms with E-state index in [2.05, 4.69) is 13.8 Å². The number of hydrogen-bond donors (Lipinski definition) is 0. The van der Waals surface area contributed by atoms with E-state index in [0.29, 0.717) is 22.2 Å². The van der Waals surface area contributed by atoms with Gasteiger partial charge in [0.15, 0.2) is 0 Å². The van der Waals surface area contributed by atoms with Crippen LogP contribution in [0.1, 0.15) is 58.8 Å². The third-order valence-corrected chi connectivity index (χ3v) is 5.77. The summed E-state index contributed by atoms with van der Waals surface area (Å²) in [6.45, 7) is 4.95. The molecule has 2 unspecified atom stereocenters. The highest BCUT2D eigenvalue weighted by molar-refractivity contribution is 5.76. The maximum atomic E-state index is 12.2. The van der Waals surface area contributed by atoms with E-state index in [0.717, 1.165) is 12.3 Å². The second-order valence-corrected chi connectivity index (χ2v) is 8.59. The number of carbonyl (C=O) groups is 1. The van der Waals surface area contributed by atoms with Gasteiger partial charge in [-0.3, -0.25) is 4.79 Å². The third kappa shape index (κ3) is 1.88. The van der Waals surface area contributed by atoms with Gasteiger partial charge in [0.05, 0.1) is 0 Å². The van der Waals surface area contributed by atoms with Crippen molar-refractivity contribution in [2.45, 2.75) is 58.8 Å². The van der Waals surface area contributed by atoms with Crippen LogP contribution in [0.25, 0.3) is 0 Å². The highest BCUT2D eigenvalue weighted by atomic mass is 16.2. The molecule has 0 heterocycles. The van der Waals surface area contributed by atoms with Crippen molar-refractivity contribution < 1.29 is 4.79 Å². The lowest BCUT2D eigenvalue weighted by molar-refractivity contribution is -0.159. The first-order valence-electron chi connectivity index (χ1n) is 7.44. The molecular formula is C16H27NO. The summed E-state index contributed by atoms with van der Waals surface area (Å²) >= 11 is 0. The molecule has 102 valence electrons. The monoisotopic (exact) mass is 249 g/mol. The molecule has 0 aromatic heterocycles. The predicted octanol–water partition coefficient (Wildman–Crippen LogP) is 3.46. The molecule has 4 saturated carbocycles. The van der Waals surface area contributed by atoms with Crippen LogP contribution in [-0.4, -0.2) is 24.9 Å². The van der Waals surface area contributed by atoms with Crippen molar-refractivity contribution in [3.8, 4) is 0 Å². The van der Waals surface area contributed by atoms with E-state index in [9.17, 15) is 4.79 Å². The van der Waals surface area contributed by atoms with Gasteiger partial charge in [0.25, 0.3) is 0 Å². The molecule has 2 atom stereocenters. The van der Waals surface area contributed by atoms with Gasteiger partial charge < -0.3 is 4.90 Å². The number of carbonyl (C=O) groups excluding carboxylic acids is 1. The van der Waals surface area contributed by atoms with Crippen LogP contribution in [0.5, 0.6) is 0 Å². The van der Waals surface area contributed by atoms with Crippen molar-refractivity contribution in [3.63, 3.8) is 0 Å². The molecule has 1 amide bonds. The minimum absolute atomic E-state index is 0.337. The average molecular weight is 249 g/mol. The highest BCUT2D eigenvalue weighted by Crippen LogP contribution is 2.70. The van der Waals surface area contributed by atoms with Crippen molar-refractivity contribution in [3.05, 3.63) is 0 Å². The quantitative estimate of drug-likeness (QED) is 0.734. The van der Waals surface area contributed by atoms with Gasteiger partial charge in [0.1, 0.15) is 0 Å². The van der Waals surface area contributed by atoms with Crippen LogP contribution in [0, 0.1) is 22.2 Å². The fraction of sp³-hybridized carbons (Fsp3) is 0.938. The SMILES string of the molecule is CN(C)C(=O)CC12CC3CC(C)(CC(C)(C3)C1)C2. The maximum Gasteiger partial charge on any atom is 0.222 e. The number of nitrogens with zero attached hydrogens (tertiary/aromatic N) is 1. The summed E-state index contributed by atoms with van der Waals surface area (Å²) in [6.07, 6.45) is 8.94. The zero-order valence-electron chi connectivity index (χ0n) is 12.4. The molecule has 0 aromatic carbocycles. The third-order valence-electron chi connectivity index (χ3n) is 5.77. The first kappa shape index (κ1) is 12.5. The molecule has 0 saturated heterocycles. The Labute approximate surface area is 111 Å². The summed E-state index contributed by atoms with van der Waals surface area (Å²) in [5, 5.41) is 0. The Morgan fingerprint density at radius 1 is 1.06 bits per heavy atom. The molecule has 18 heavy (non-hydrogen) atoms. The Morgan fingerprint density at radius 3 is 2.06 bits per heavy atom. The van der Waals surface area contributed by atoms with Gasteiger partial charge >= 0.3 is 0 Å². The molecule has 0 aromatic rings. The van der Waals surface area contributed by atoms with E-state index in [1.54, 1.807) is 4.90 Å². The van der Waals surface area contributed by atoms with Gasteiger partial charge in [-0.1, -0.05) is 13.8 Å². The molecule has 0 radical (unpaired) electrons. The van der Waals surface area contributed by atoms with Crippen molar-refractivity contribution in [2.24, 2.45) is 22.2 Å². The Morgan fingerprint density at radius 2 is 1.61 bits per heavy atom. The van der Waals surface area contributed by atoms with Crippen molar-refractivity contribution in [1.82, 2.24) is 4.90 Å². The van der Waals surface area contributed by atoms with Gasteiger partial charge in [0, 0.05) is 20.5 Å². The van der Waals surface area contributed by atoms with E-state index in [4.69, 9.17) is 0 Å². The largest absolute Gasteiger partial charge is 0.349 e. The Kier molecular flexibility index (Phi) is 2.44. The Hall–Kier alpha value is -0.530. The van der Waals surface area contributed by atoms with Gasteiger partial charge in [-0.25, -0.2) is 0 Å². The number of rotatable bonds is 2. The van der Waals surface area contributed by atoms with Crippen molar-refractivity contribution >= 4 is 5.91 Å². The minimum Gasteiger partial charge on any atom is -0.349 e. The Bertz CT molecular complexity index is 369. The standard InChI is InChI=1S/C16H27NO/c1-14-5-12-6-15(2,9-14)11-16(7-12,10-14)8-13(18)17(3)4/h12H,5-11H2,1-4H3. The van der Waals surface area contributed by atoms with E-state index in [1.807, 2.05) is 14.1 Å². The van der Waals surface area contributed by atoms with Crippen LogP contribution in [0.4, 0.5) is 0 Å². The molecule has 0 aliphatic heterocycles. The molecule has 2 heteroatoms. The zero-order chi connectivity index (χ0) is 13.2. The summed E-state index contributed by atoms with van der Waals surface area (Å²) in [6, 6.07) is 0. The second kappa shape index (κ2) is 3.52. The highest BCUT2D eigenvalue weighted by Gasteiger charge is 2.60. The Balaban J connectivity index is 1.87. The molecule has 0 spiro atoms. The number of hydrogen-bond acceptors (Lipinski definition) is 1. The van der Waals surface area contributed by atoms with E-state index in [-0.39, 0.29) is 0 Å². The summed E-state index contributed by atoms with van der Waals surface area (Å²) in [5.74, 6) is 1.23. The van der Waals surface area contributed by atoms with Crippen molar-refractivity contribution in [1.29, 1.82) is 0 Å². The predicted molar refractivity (Wildman–Crippen MR) is 73.2 cm³/mol. The summed E-state index contributed by atoms with van der Waals surface area (Å²) in [4.78, 5) is 13.9. The molecule has 0 N–H and O–H groups in total. The van der Waals surface area contributed by atoms with E-state index in [1.165, 1.54) is 38.5 Å². The lowest BCUT2D eigenvalue weighted by atomic mass is 9.40. The average Bonchev–Trinajstić information content (AvgIpc) is 2.09.